The molecule has 0 N–H and O–H groups in total. The summed E-state index contributed by atoms with van der Waals surface area (Å²) in [7, 11) is 0. The quantitative estimate of drug-likeness (QED) is 0.143. The predicted molar refractivity (Wildman–Crippen MR) is 263 cm³/mol. The summed E-state index contributed by atoms with van der Waals surface area (Å²) in [5.74, 6) is 1.36. The lowest BCUT2D eigenvalue weighted by Crippen LogP contribution is -2.30. The number of rotatable bonds is 8. The van der Waals surface area contributed by atoms with Crippen LogP contribution < -0.4 is 9.30 Å². The van der Waals surface area contributed by atoms with Crippen LogP contribution in [0.1, 0.15) is 49.7 Å². The number of ether oxygens (including phenoxy) is 1. The molecule has 8 aromatic carbocycles. The van der Waals surface area contributed by atoms with Crippen LogP contribution >= 0.6 is 0 Å². The third-order valence-electron chi connectivity index (χ3n) is 11.6. The van der Waals surface area contributed by atoms with E-state index in [1.165, 1.54) is 0 Å². The summed E-state index contributed by atoms with van der Waals surface area (Å²) in [4.78, 5) is 4.92. The zero-order chi connectivity index (χ0) is 54.6. The van der Waals surface area contributed by atoms with E-state index in [9.17, 15) is 0 Å². The summed E-state index contributed by atoms with van der Waals surface area (Å²) >= 11 is 0. The van der Waals surface area contributed by atoms with Gasteiger partial charge in [-0.2, -0.15) is 9.13 Å². The van der Waals surface area contributed by atoms with E-state index in [2.05, 4.69) is 20.8 Å². The zero-order valence-electron chi connectivity index (χ0n) is 48.1. The van der Waals surface area contributed by atoms with Gasteiger partial charge >= 0.3 is 0 Å². The molecular weight excluding hydrogens is 781 g/mol. The summed E-state index contributed by atoms with van der Waals surface area (Å²) in [5.41, 5.74) is 6.18. The highest BCUT2D eigenvalue weighted by Gasteiger charge is 2.25. The Hall–Kier alpha value is -8.02. The minimum absolute atomic E-state index is 0.0787. The predicted octanol–water partition coefficient (Wildman–Crippen LogP) is 14.8. The fourth-order valence-corrected chi connectivity index (χ4v) is 8.51. The maximum absolute atomic E-state index is 9.04. The molecule has 0 aliphatic rings. The highest BCUT2D eigenvalue weighted by atomic mass is 16.5. The van der Waals surface area contributed by atoms with E-state index in [4.69, 9.17) is 27.5 Å². The molecule has 11 aromatic rings. The Morgan fingerprint density at radius 2 is 1.23 bits per heavy atom. The lowest BCUT2D eigenvalue weighted by Gasteiger charge is -2.19. The molecule has 308 valence electrons. The Balaban J connectivity index is 1.04. The van der Waals surface area contributed by atoms with Crippen molar-refractivity contribution in [1.29, 1.82) is 0 Å². The number of hydrogen-bond donors (Lipinski definition) is 0. The van der Waals surface area contributed by atoms with Gasteiger partial charge in [0.15, 0.2) is 11.0 Å². The monoisotopic (exact) mass is 840 g/mol. The van der Waals surface area contributed by atoms with Crippen LogP contribution in [-0.2, 0) is 5.41 Å². The van der Waals surface area contributed by atoms with Crippen LogP contribution in [0.25, 0.3) is 83.4 Å². The molecule has 0 aliphatic heterocycles. The van der Waals surface area contributed by atoms with Crippen molar-refractivity contribution in [2.24, 2.45) is 0 Å². The standard InChI is InChI=1S/C59H47N4O/c1-40-35-57(60-38-52(40)43-29-31-44(32-30-43)59(2,3)4)63-53-26-12-11-23-50(53)51-34-33-47(37-56(51)63)64-46-22-15-21-45(36-46)61-39-62(55-28-14-13-27-54(55)61)58-48(41-17-7-5-8-18-41)24-16-25-49(58)42-19-9-6-10-20-42/h5-39H,1-4H3/q+1/i1D3,5D,6D,7D,8D,9D,10D,17D,18D,19D,20D. The number of hydrogen-bond acceptors (Lipinski definition) is 2. The van der Waals surface area contributed by atoms with Crippen molar-refractivity contribution in [2.45, 2.75) is 33.0 Å². The lowest BCUT2D eigenvalue weighted by atomic mass is 9.86. The van der Waals surface area contributed by atoms with Crippen molar-refractivity contribution < 1.29 is 27.1 Å². The van der Waals surface area contributed by atoms with Gasteiger partial charge in [0.25, 0.3) is 6.33 Å². The Kier molecular flexibility index (Phi) is 6.66. The molecule has 11 rings (SSSR count). The van der Waals surface area contributed by atoms with Gasteiger partial charge in [-0.05, 0) is 88.6 Å². The molecule has 3 aromatic heterocycles. The first-order chi connectivity index (χ1) is 36.6. The smallest absolute Gasteiger partial charge is 0.255 e. The highest BCUT2D eigenvalue weighted by molar-refractivity contribution is 6.09. The van der Waals surface area contributed by atoms with Crippen LogP contribution in [0.5, 0.6) is 11.5 Å². The van der Waals surface area contributed by atoms with Gasteiger partial charge in [0.1, 0.15) is 28.7 Å². The summed E-state index contributed by atoms with van der Waals surface area (Å²) in [5, 5.41) is 1.84. The molecule has 0 amide bonds. The van der Waals surface area contributed by atoms with E-state index in [-0.39, 0.29) is 38.9 Å². The Bertz CT molecular complexity index is 4090. The van der Waals surface area contributed by atoms with Crippen molar-refractivity contribution in [1.82, 2.24) is 14.1 Å². The molecule has 0 saturated carbocycles. The first-order valence-corrected chi connectivity index (χ1v) is 20.9. The van der Waals surface area contributed by atoms with Gasteiger partial charge in [-0.15, -0.1) is 0 Å². The largest absolute Gasteiger partial charge is 0.457 e. The van der Waals surface area contributed by atoms with E-state index in [0.717, 1.165) is 32.9 Å². The molecule has 0 saturated heterocycles. The van der Waals surface area contributed by atoms with Gasteiger partial charge in [0, 0.05) is 49.9 Å². The number of benzene rings is 8. The fourth-order valence-electron chi connectivity index (χ4n) is 8.51. The number of aromatic nitrogens is 4. The first kappa shape index (κ1) is 27.1. The SMILES string of the molecule is [2H]c1c([2H])c([2H])c(-c2cccc(-c3c([2H])c([2H])c([2H])c([2H])c3[2H])c2-[n+]2cn(-c3cccc(Oc4ccc5c6ccccc6n(-c6cc(C([2H])([2H])[2H])c(-c7ccc(C(C)(C)C)cc7)cn6)c5c4)c3)c3ccccc32)c([2H])c1[2H]. The van der Waals surface area contributed by atoms with Crippen molar-refractivity contribution in [3.8, 4) is 62.1 Å². The van der Waals surface area contributed by atoms with Gasteiger partial charge in [0.05, 0.1) is 24.7 Å². The van der Waals surface area contributed by atoms with E-state index >= 15 is 0 Å². The second-order valence-electron chi connectivity index (χ2n) is 16.6. The summed E-state index contributed by atoms with van der Waals surface area (Å²) in [6.45, 7) is 3.93. The minimum Gasteiger partial charge on any atom is -0.457 e. The number of para-hydroxylation sites is 4. The van der Waals surface area contributed by atoms with E-state index in [1.807, 2.05) is 124 Å². The summed E-state index contributed by atoms with van der Waals surface area (Å²) in [6.07, 6.45) is 3.38. The van der Waals surface area contributed by atoms with Gasteiger partial charge in [-0.25, -0.2) is 4.98 Å². The fraction of sp³-hybridized carbons (Fsp3) is 0.0847. The maximum Gasteiger partial charge on any atom is 0.255 e. The molecule has 0 radical (unpaired) electrons. The number of pyridine rings is 1. The van der Waals surface area contributed by atoms with Crippen LogP contribution in [0.4, 0.5) is 0 Å². The number of fused-ring (bicyclic) bond motifs is 4. The van der Waals surface area contributed by atoms with E-state index in [1.54, 1.807) is 41.4 Å². The van der Waals surface area contributed by atoms with Crippen LogP contribution in [0.2, 0.25) is 0 Å². The van der Waals surface area contributed by atoms with E-state index < -0.39 is 67.3 Å². The third kappa shape index (κ3) is 6.92. The maximum atomic E-state index is 9.04. The third-order valence-corrected chi connectivity index (χ3v) is 11.6. The number of imidazole rings is 1. The summed E-state index contributed by atoms with van der Waals surface area (Å²) < 4.78 is 125. The Labute approximate surface area is 392 Å². The zero-order valence-corrected chi connectivity index (χ0v) is 35.1. The molecule has 0 fully saturated rings. The first-order valence-electron chi connectivity index (χ1n) is 27.4. The van der Waals surface area contributed by atoms with Gasteiger partial charge in [-0.1, -0.05) is 160 Å². The molecule has 0 bridgehead atoms. The van der Waals surface area contributed by atoms with Crippen LogP contribution in [-0.4, -0.2) is 14.1 Å². The van der Waals surface area contributed by atoms with Crippen molar-refractivity contribution >= 4 is 32.8 Å². The molecule has 0 aliphatic carbocycles. The summed E-state index contributed by atoms with van der Waals surface area (Å²) in [6, 6.07) is 37.4. The molecule has 0 unspecified atom stereocenters. The topological polar surface area (TPSA) is 35.9 Å². The highest BCUT2D eigenvalue weighted by Crippen LogP contribution is 2.38. The normalized spacial score (nSPS) is 14.8. The van der Waals surface area contributed by atoms with Gasteiger partial charge in [-0.3, -0.25) is 4.57 Å². The number of aryl methyl sites for hydroxylation is 1. The second-order valence-corrected chi connectivity index (χ2v) is 16.6. The van der Waals surface area contributed by atoms with Crippen molar-refractivity contribution in [3.05, 3.63) is 224 Å². The van der Waals surface area contributed by atoms with Crippen LogP contribution in [0, 0.1) is 6.85 Å². The average Bonchev–Trinajstić information content (AvgIpc) is 4.03. The number of nitrogens with zero attached hydrogens (tertiary/aromatic N) is 4. The molecule has 0 spiro atoms. The average molecular weight is 841 g/mol. The van der Waals surface area contributed by atoms with Crippen molar-refractivity contribution in [2.75, 3.05) is 0 Å². The molecule has 5 heteroatoms. The lowest BCUT2D eigenvalue weighted by molar-refractivity contribution is -0.566. The molecule has 3 heterocycles. The Morgan fingerprint density at radius 3 is 1.95 bits per heavy atom. The van der Waals surface area contributed by atoms with Crippen molar-refractivity contribution in [3.63, 3.8) is 0 Å². The minimum atomic E-state index is -2.46. The molecule has 64 heavy (non-hydrogen) atoms. The van der Waals surface area contributed by atoms with Crippen LogP contribution in [0.15, 0.2) is 212 Å². The molecule has 5 nitrogen and oxygen atoms in total. The van der Waals surface area contributed by atoms with E-state index in [0.29, 0.717) is 39.6 Å². The molecular formula is C59H47N4O+. The van der Waals surface area contributed by atoms with Gasteiger partial charge < -0.3 is 4.74 Å². The Morgan fingerprint density at radius 1 is 0.578 bits per heavy atom. The van der Waals surface area contributed by atoms with Gasteiger partial charge in [0.2, 0.25) is 0 Å². The second kappa shape index (κ2) is 15.7. The molecule has 0 atom stereocenters. The van der Waals surface area contributed by atoms with Crippen LogP contribution in [0.3, 0.4) is 0 Å².